The normalized spacial score (nSPS) is 10.0. The summed E-state index contributed by atoms with van der Waals surface area (Å²) in [5, 5.41) is 1.44. The summed E-state index contributed by atoms with van der Waals surface area (Å²) in [5.41, 5.74) is 0. The van der Waals surface area contributed by atoms with Gasteiger partial charge in [0.05, 0.1) is 0 Å². The summed E-state index contributed by atoms with van der Waals surface area (Å²) in [6.45, 7) is 0. The van der Waals surface area contributed by atoms with Crippen molar-refractivity contribution in [2.45, 2.75) is 5.16 Å². The summed E-state index contributed by atoms with van der Waals surface area (Å²) >= 11 is 13.0. The van der Waals surface area contributed by atoms with E-state index in [1.165, 1.54) is 23.1 Å². The van der Waals surface area contributed by atoms with Gasteiger partial charge in [0.1, 0.15) is 4.32 Å². The van der Waals surface area contributed by atoms with Gasteiger partial charge in [0.15, 0.2) is 14.2 Å². The predicted octanol–water partition coefficient (Wildman–Crippen LogP) is 2.27. The zero-order valence-electron chi connectivity index (χ0n) is 9.42. The second-order valence-corrected chi connectivity index (χ2v) is 6.52. The predicted molar refractivity (Wildman–Crippen MR) is 77.2 cm³/mol. The molecule has 1 rings (SSSR count). The Kier molecular flexibility index (Phi) is 5.03. The first-order valence-corrected chi connectivity index (χ1v) is 6.80. The van der Waals surface area contributed by atoms with Crippen molar-refractivity contribution >= 4 is 57.0 Å². The lowest BCUT2D eigenvalue weighted by atomic mass is 10.9. The van der Waals surface area contributed by atoms with Crippen LogP contribution in [0.1, 0.15) is 0 Å². The zero-order chi connectivity index (χ0) is 12.3. The van der Waals surface area contributed by atoms with Gasteiger partial charge in [-0.15, -0.1) is 0 Å². The van der Waals surface area contributed by atoms with Crippen LogP contribution >= 0.6 is 47.5 Å². The number of thiocarbonyl (C=S) groups is 1. The molecule has 16 heavy (non-hydrogen) atoms. The minimum Gasteiger partial charge on any atom is -0.363 e. The van der Waals surface area contributed by atoms with Crippen molar-refractivity contribution in [1.82, 2.24) is 14.9 Å². The number of aromatic nitrogens is 2. The molecule has 1 heterocycles. The Morgan fingerprint density at radius 3 is 2.38 bits per heavy atom. The fourth-order valence-corrected chi connectivity index (χ4v) is 2.63. The maximum atomic E-state index is 5.18. The minimum absolute atomic E-state index is 0.572. The molecule has 0 aliphatic heterocycles. The smallest absolute Gasteiger partial charge is 0.199 e. The lowest BCUT2D eigenvalue weighted by molar-refractivity contribution is 0.647. The van der Waals surface area contributed by atoms with E-state index in [0.29, 0.717) is 9.11 Å². The molecule has 0 N–H and O–H groups in total. The maximum Gasteiger partial charge on any atom is 0.199 e. The molecule has 0 aliphatic carbocycles. The fraction of sp³-hybridized carbons (Fsp3) is 0.500. The van der Waals surface area contributed by atoms with Gasteiger partial charge in [0, 0.05) is 28.2 Å². The van der Waals surface area contributed by atoms with Gasteiger partial charge in [0.2, 0.25) is 0 Å². The van der Waals surface area contributed by atoms with Gasteiger partial charge in [-0.2, -0.15) is 9.97 Å². The van der Waals surface area contributed by atoms with E-state index >= 15 is 0 Å². The molecule has 88 valence electrons. The molecule has 0 aliphatic rings. The van der Waals surface area contributed by atoms with E-state index in [1.54, 1.807) is 0 Å². The first-order chi connectivity index (χ1) is 7.40. The van der Waals surface area contributed by atoms with E-state index in [4.69, 9.17) is 24.4 Å². The number of hydrogen-bond acceptors (Lipinski definition) is 7. The Morgan fingerprint density at radius 1 is 1.25 bits per heavy atom. The molecule has 0 spiro atoms. The number of hydrogen-bond donors (Lipinski definition) is 0. The van der Waals surface area contributed by atoms with Crippen LogP contribution < -0.4 is 4.90 Å². The molecule has 0 radical (unpaired) electrons. The quantitative estimate of drug-likeness (QED) is 0.610. The number of rotatable bonds is 2. The van der Waals surface area contributed by atoms with Crippen molar-refractivity contribution in [2.24, 2.45) is 0 Å². The van der Waals surface area contributed by atoms with Crippen LogP contribution in [-0.4, -0.2) is 47.4 Å². The number of thioether (sulfide) groups is 1. The van der Waals surface area contributed by atoms with Crippen LogP contribution in [0.25, 0.3) is 0 Å². The average molecular weight is 292 g/mol. The highest BCUT2D eigenvalue weighted by Gasteiger charge is 2.08. The molecule has 1 aromatic rings. The number of anilines is 1. The molecule has 0 amide bonds. The monoisotopic (exact) mass is 292 g/mol. The molecule has 0 atom stereocenters. The Bertz CT molecular complexity index is 440. The molecule has 1 aromatic heterocycles. The molecule has 0 saturated carbocycles. The van der Waals surface area contributed by atoms with Crippen LogP contribution in [0.15, 0.2) is 5.16 Å². The molecule has 8 heteroatoms. The van der Waals surface area contributed by atoms with E-state index in [2.05, 4.69) is 9.97 Å². The van der Waals surface area contributed by atoms with Crippen LogP contribution in [0.2, 0.25) is 0 Å². The van der Waals surface area contributed by atoms with E-state index in [1.807, 2.05) is 38.0 Å². The van der Waals surface area contributed by atoms with Crippen LogP contribution in [0.4, 0.5) is 5.13 Å². The van der Waals surface area contributed by atoms with Crippen molar-refractivity contribution in [3.8, 4) is 0 Å². The second-order valence-electron chi connectivity index (χ2n) is 3.31. The lowest BCUT2D eigenvalue weighted by Gasteiger charge is -2.13. The minimum atomic E-state index is 0.572. The van der Waals surface area contributed by atoms with Crippen molar-refractivity contribution in [2.75, 3.05) is 33.1 Å². The Hall–Kier alpha value is -0.310. The van der Waals surface area contributed by atoms with Gasteiger partial charge < -0.3 is 9.80 Å². The summed E-state index contributed by atoms with van der Waals surface area (Å²) in [6.07, 6.45) is 0. The Balaban J connectivity index is 2.97. The van der Waals surface area contributed by atoms with Crippen molar-refractivity contribution < 1.29 is 0 Å². The van der Waals surface area contributed by atoms with Gasteiger partial charge in [-0.25, -0.2) is 0 Å². The van der Waals surface area contributed by atoms with Gasteiger partial charge in [0.25, 0.3) is 0 Å². The van der Waals surface area contributed by atoms with E-state index in [0.717, 1.165) is 9.45 Å². The van der Waals surface area contributed by atoms with Crippen LogP contribution in [0, 0.1) is 3.95 Å². The largest absolute Gasteiger partial charge is 0.363 e. The van der Waals surface area contributed by atoms with E-state index in [-0.39, 0.29) is 0 Å². The third-order valence-corrected chi connectivity index (χ3v) is 4.25. The summed E-state index contributed by atoms with van der Waals surface area (Å²) in [4.78, 5) is 12.3. The van der Waals surface area contributed by atoms with Gasteiger partial charge >= 0.3 is 0 Å². The summed E-state index contributed by atoms with van der Waals surface area (Å²) in [7, 11) is 7.63. The zero-order valence-corrected chi connectivity index (χ0v) is 12.7. The summed E-state index contributed by atoms with van der Waals surface area (Å²) in [5.74, 6) is 0. The molecule has 0 fully saturated rings. The van der Waals surface area contributed by atoms with Gasteiger partial charge in [-0.3, -0.25) is 0 Å². The summed E-state index contributed by atoms with van der Waals surface area (Å²) < 4.78 is 1.29. The summed E-state index contributed by atoms with van der Waals surface area (Å²) in [6, 6.07) is 0. The van der Waals surface area contributed by atoms with Crippen LogP contribution in [0.3, 0.4) is 0 Å². The average Bonchev–Trinajstić information content (AvgIpc) is 2.16. The first kappa shape index (κ1) is 13.8. The highest BCUT2D eigenvalue weighted by Crippen LogP contribution is 2.22. The molecule has 4 nitrogen and oxygen atoms in total. The Morgan fingerprint density at radius 2 is 1.88 bits per heavy atom. The highest BCUT2D eigenvalue weighted by molar-refractivity contribution is 8.22. The number of nitrogens with zero attached hydrogens (tertiary/aromatic N) is 4. The molecule has 0 unspecified atom stereocenters. The first-order valence-electron chi connectivity index (χ1n) is 4.36. The molecule has 0 saturated heterocycles. The molecular weight excluding hydrogens is 280 g/mol. The van der Waals surface area contributed by atoms with Crippen molar-refractivity contribution in [1.29, 1.82) is 0 Å². The topological polar surface area (TPSA) is 32.3 Å². The standard InChI is InChI=1S/C8H12N4S4/c1-11(2)6-9-5(10-7(13)16-6)15-8(14)12(3)4/h1-4H3. The van der Waals surface area contributed by atoms with Gasteiger partial charge in [-0.1, -0.05) is 23.6 Å². The third-order valence-electron chi connectivity index (χ3n) is 1.48. The van der Waals surface area contributed by atoms with E-state index < -0.39 is 0 Å². The van der Waals surface area contributed by atoms with Crippen LogP contribution in [-0.2, 0) is 0 Å². The lowest BCUT2D eigenvalue weighted by Crippen LogP contribution is -2.16. The molecular formula is C8H12N4S4. The van der Waals surface area contributed by atoms with Crippen molar-refractivity contribution in [3.05, 3.63) is 3.95 Å². The van der Waals surface area contributed by atoms with Crippen LogP contribution in [0.5, 0.6) is 0 Å². The SMILES string of the molecule is CN(C)C(=S)Sc1nc(N(C)C)sc(=S)n1. The fourth-order valence-electron chi connectivity index (χ4n) is 0.715. The van der Waals surface area contributed by atoms with E-state index in [9.17, 15) is 0 Å². The molecule has 0 bridgehead atoms. The van der Waals surface area contributed by atoms with Gasteiger partial charge in [-0.05, 0) is 24.0 Å². The third kappa shape index (κ3) is 3.93. The second kappa shape index (κ2) is 5.85. The maximum absolute atomic E-state index is 5.18. The highest BCUT2D eigenvalue weighted by atomic mass is 32.2. The Labute approximate surface area is 114 Å². The molecule has 0 aromatic carbocycles. The van der Waals surface area contributed by atoms with Crippen molar-refractivity contribution in [3.63, 3.8) is 0 Å².